The van der Waals surface area contributed by atoms with Gasteiger partial charge in [0.25, 0.3) is 10.1 Å². The molecular weight excluding hydrogens is 845 g/mol. The lowest BCUT2D eigenvalue weighted by atomic mass is 9.98. The van der Waals surface area contributed by atoms with Crippen molar-refractivity contribution in [3.05, 3.63) is 107 Å². The van der Waals surface area contributed by atoms with Crippen LogP contribution in [0.15, 0.2) is 94.7 Å². The van der Waals surface area contributed by atoms with Gasteiger partial charge in [-0.15, -0.1) is 0 Å². The summed E-state index contributed by atoms with van der Waals surface area (Å²) < 4.78 is 109. The van der Waals surface area contributed by atoms with E-state index in [1.165, 1.54) is 29.3 Å². The molecule has 316 valence electrons. The number of benzene rings is 4. The van der Waals surface area contributed by atoms with Gasteiger partial charge in [0.05, 0.1) is 22.6 Å². The Balaban J connectivity index is 0.000000241. The van der Waals surface area contributed by atoms with E-state index in [4.69, 9.17) is 37.2 Å². The quantitative estimate of drug-likeness (QED) is 0.100. The first-order valence-corrected chi connectivity index (χ1v) is 21.1. The minimum atomic E-state index is -4.78. The molecule has 7 N–H and O–H groups in total. The first kappa shape index (κ1) is 45.7. The molecule has 0 heterocycles. The molecule has 2 aliphatic rings. The summed E-state index contributed by atoms with van der Waals surface area (Å²) in [7, 11) is -14.0. The minimum Gasteiger partial charge on any atom is -0.744 e. The van der Waals surface area contributed by atoms with Crippen molar-refractivity contribution in [2.45, 2.75) is 34.5 Å². The highest BCUT2D eigenvalue weighted by molar-refractivity contribution is 7.86. The number of aliphatic carboxylic acids is 2. The van der Waals surface area contributed by atoms with Gasteiger partial charge < -0.3 is 34.9 Å². The molecule has 0 bridgehead atoms. The second-order valence-electron chi connectivity index (χ2n) is 12.5. The molecule has 1 atom stereocenters. The lowest BCUT2D eigenvalue weighted by Crippen LogP contribution is -2.28. The third-order valence-electron chi connectivity index (χ3n) is 8.61. The fraction of sp³-hybridized carbons (Fsp3) is 0.222. The zero-order chi connectivity index (χ0) is 43.7. The molecule has 0 fully saturated rings. The van der Waals surface area contributed by atoms with Gasteiger partial charge in [0, 0.05) is 24.9 Å². The molecule has 4 aromatic carbocycles. The van der Waals surface area contributed by atoms with Gasteiger partial charge in [-0.1, -0.05) is 60.7 Å². The van der Waals surface area contributed by atoms with E-state index in [2.05, 4.69) is 22.8 Å². The fourth-order valence-corrected chi connectivity index (χ4v) is 7.24. The van der Waals surface area contributed by atoms with Crippen LogP contribution < -0.4 is 10.6 Å². The highest BCUT2D eigenvalue weighted by Gasteiger charge is 2.32. The number of hydrogen-bond acceptors (Lipinski definition) is 13. The Morgan fingerprint density at radius 3 is 1.31 bits per heavy atom. The second-order valence-corrected chi connectivity index (χ2v) is 16.2. The predicted octanol–water partition coefficient (Wildman–Crippen LogP) is 3.50. The molecular formula is C36H35N2O18S3-. The number of nitrogens with one attached hydrogen (secondary N) is 2. The Morgan fingerprint density at radius 2 is 0.915 bits per heavy atom. The van der Waals surface area contributed by atoms with E-state index in [1.807, 2.05) is 36.4 Å². The van der Waals surface area contributed by atoms with Gasteiger partial charge in [-0.25, -0.2) is 18.0 Å². The molecule has 0 saturated heterocycles. The first-order chi connectivity index (χ1) is 27.5. The molecule has 0 radical (unpaired) electrons. The van der Waals surface area contributed by atoms with Crippen LogP contribution in [0.3, 0.4) is 0 Å². The lowest BCUT2D eigenvalue weighted by Gasteiger charge is -2.16. The molecule has 2 amide bonds. The molecule has 0 spiro atoms. The van der Waals surface area contributed by atoms with Crippen molar-refractivity contribution in [2.75, 3.05) is 26.3 Å². The van der Waals surface area contributed by atoms with Crippen LogP contribution in [-0.2, 0) is 49.7 Å². The molecule has 0 aliphatic heterocycles. The van der Waals surface area contributed by atoms with Crippen LogP contribution in [0, 0.1) is 0 Å². The number of amides is 2. The summed E-state index contributed by atoms with van der Waals surface area (Å²) in [6, 6.07) is 23.6. The zero-order valence-corrected chi connectivity index (χ0v) is 32.7. The maximum atomic E-state index is 11.8. The number of alkyl carbamates (subject to hydrolysis) is 2. The minimum absolute atomic E-state index is 0.00706. The second kappa shape index (κ2) is 19.2. The van der Waals surface area contributed by atoms with Crippen LogP contribution in [0.1, 0.15) is 46.9 Å². The summed E-state index contributed by atoms with van der Waals surface area (Å²) in [5.74, 6) is -2.90. The number of ether oxygens (including phenoxy) is 2. The number of hydrogen-bond donors (Lipinski definition) is 7. The van der Waals surface area contributed by atoms with E-state index in [9.17, 15) is 45.1 Å². The van der Waals surface area contributed by atoms with Crippen molar-refractivity contribution in [3.63, 3.8) is 0 Å². The van der Waals surface area contributed by atoms with Crippen molar-refractivity contribution in [1.29, 1.82) is 0 Å². The monoisotopic (exact) mass is 879 g/mol. The lowest BCUT2D eigenvalue weighted by molar-refractivity contribution is -0.137. The van der Waals surface area contributed by atoms with Gasteiger partial charge in [0.1, 0.15) is 23.3 Å². The van der Waals surface area contributed by atoms with Crippen molar-refractivity contribution >= 4 is 54.8 Å². The number of carboxylic acid groups (broad SMARTS) is 2. The van der Waals surface area contributed by atoms with Crippen LogP contribution in [0.5, 0.6) is 0 Å². The van der Waals surface area contributed by atoms with Crippen molar-refractivity contribution < 1.29 is 82.3 Å². The predicted molar refractivity (Wildman–Crippen MR) is 203 cm³/mol. The number of rotatable bonds is 12. The third kappa shape index (κ3) is 13.0. The molecule has 59 heavy (non-hydrogen) atoms. The topological polar surface area (TPSA) is 337 Å². The van der Waals surface area contributed by atoms with Gasteiger partial charge in [-0.05, 0) is 68.8 Å². The fourth-order valence-electron chi connectivity index (χ4n) is 6.21. The normalized spacial score (nSPS) is 13.7. The van der Waals surface area contributed by atoms with Gasteiger partial charge >= 0.3 is 34.5 Å². The Bertz CT molecular complexity index is 2440. The SMILES string of the molecule is O=C(O)CCNC(=O)OCC1c2cc(S(=O)(=O)[O-])ccc2-c2ccc(S(=O)(=O)O)cc21.O=C(O)CCNC(=O)OCC1c2ccccc2-c2ccccc21.O=S(=O)(O)O. The highest BCUT2D eigenvalue weighted by Crippen LogP contribution is 2.47. The largest absolute Gasteiger partial charge is 0.744 e. The van der Waals surface area contributed by atoms with Crippen LogP contribution >= 0.6 is 0 Å². The maximum absolute atomic E-state index is 11.8. The highest BCUT2D eigenvalue weighted by atomic mass is 32.3. The Labute approximate surface area is 336 Å². The maximum Gasteiger partial charge on any atom is 0.407 e. The molecule has 0 aromatic heterocycles. The van der Waals surface area contributed by atoms with Gasteiger partial charge in [0.2, 0.25) is 0 Å². The molecule has 23 heteroatoms. The van der Waals surface area contributed by atoms with Gasteiger partial charge in [-0.3, -0.25) is 23.2 Å². The van der Waals surface area contributed by atoms with Crippen LogP contribution in [-0.4, -0.2) is 104 Å². The van der Waals surface area contributed by atoms with E-state index in [-0.39, 0.29) is 45.1 Å². The van der Waals surface area contributed by atoms with Crippen LogP contribution in [0.25, 0.3) is 22.3 Å². The number of carboxylic acids is 2. The van der Waals surface area contributed by atoms with E-state index in [1.54, 1.807) is 0 Å². The Kier molecular flexibility index (Phi) is 14.9. The molecule has 4 aromatic rings. The van der Waals surface area contributed by atoms with Crippen molar-refractivity contribution in [3.8, 4) is 22.3 Å². The smallest absolute Gasteiger partial charge is 0.407 e. The zero-order valence-electron chi connectivity index (χ0n) is 30.2. The molecule has 6 rings (SSSR count). The summed E-state index contributed by atoms with van der Waals surface area (Å²) in [6.07, 6.45) is -1.97. The standard InChI is InChI=1S/C18H17NO10S2.C18H17NO4.H2O4S/c20-17(21)5-6-19-18(22)29-9-16-14-7-10(30(23,24)25)1-3-12(14)13-4-2-11(8-15(13)16)31(26,27)28;20-17(21)9-10-19-18(22)23-11-16-14-7-3-1-5-12(14)13-6-2-4-8-15(13)16;1-5(2,3)4/h1-4,7-8,16H,5-6,9H2,(H,19,22)(H,20,21)(H,23,24,25)(H,26,27,28);1-8,16H,9-11H2,(H,19,22)(H,20,21);(H2,1,2,3,4)/p-1. The third-order valence-corrected chi connectivity index (χ3v) is 10.3. The Hall–Kier alpha value is -5.95. The van der Waals surface area contributed by atoms with Gasteiger partial charge in [-0.2, -0.15) is 16.8 Å². The average Bonchev–Trinajstić information content (AvgIpc) is 3.63. The average molecular weight is 880 g/mol. The molecule has 2 aliphatic carbocycles. The number of fused-ring (bicyclic) bond motifs is 6. The summed E-state index contributed by atoms with van der Waals surface area (Å²) in [5, 5.41) is 21.8. The summed E-state index contributed by atoms with van der Waals surface area (Å²) in [5.41, 5.74) is 6.30. The summed E-state index contributed by atoms with van der Waals surface area (Å²) >= 11 is 0. The van der Waals surface area contributed by atoms with Gasteiger partial charge in [0.15, 0.2) is 0 Å². The molecule has 20 nitrogen and oxygen atoms in total. The van der Waals surface area contributed by atoms with E-state index >= 15 is 0 Å². The number of carbonyl (C=O) groups excluding carboxylic acids is 2. The summed E-state index contributed by atoms with van der Waals surface area (Å²) in [6.45, 7) is -0.257. The first-order valence-electron chi connectivity index (χ1n) is 16.9. The molecule has 1 unspecified atom stereocenters. The molecule has 0 saturated carbocycles. The van der Waals surface area contributed by atoms with E-state index < -0.39 is 70.5 Å². The van der Waals surface area contributed by atoms with Crippen LogP contribution in [0.2, 0.25) is 0 Å². The van der Waals surface area contributed by atoms with Crippen molar-refractivity contribution in [1.82, 2.24) is 10.6 Å². The number of carbonyl (C=O) groups is 4. The van der Waals surface area contributed by atoms with Crippen molar-refractivity contribution in [2.24, 2.45) is 0 Å². The Morgan fingerprint density at radius 1 is 0.559 bits per heavy atom. The van der Waals surface area contributed by atoms with E-state index in [0.29, 0.717) is 22.3 Å². The van der Waals surface area contributed by atoms with E-state index in [0.717, 1.165) is 29.3 Å². The van der Waals surface area contributed by atoms with Crippen LogP contribution in [0.4, 0.5) is 9.59 Å². The summed E-state index contributed by atoms with van der Waals surface area (Å²) in [4.78, 5) is 43.6.